The normalized spacial score (nSPS) is 16.0. The lowest BCUT2D eigenvalue weighted by Crippen LogP contribution is -2.31. The van der Waals surface area contributed by atoms with Gasteiger partial charge in [-0.1, -0.05) is 49.2 Å². The summed E-state index contributed by atoms with van der Waals surface area (Å²) in [5.74, 6) is -0.0319. The lowest BCUT2D eigenvalue weighted by Gasteiger charge is -2.31. The Morgan fingerprint density at radius 3 is 2.27 bits per heavy atom. The minimum absolute atomic E-state index is 0.331. The van der Waals surface area contributed by atoms with Gasteiger partial charge in [-0.05, 0) is 38.0 Å². The molecule has 0 saturated carbocycles. The minimum atomic E-state index is -0.488. The van der Waals surface area contributed by atoms with Crippen molar-refractivity contribution in [3.8, 4) is 5.75 Å². The summed E-state index contributed by atoms with van der Waals surface area (Å²) < 4.78 is 6.37. The first-order valence-corrected chi connectivity index (χ1v) is 8.85. The maximum atomic E-state index is 11.9. The van der Waals surface area contributed by atoms with E-state index in [1.807, 2.05) is 6.07 Å². The van der Waals surface area contributed by atoms with Crippen LogP contribution in [-0.4, -0.2) is 11.8 Å². The van der Waals surface area contributed by atoms with E-state index in [9.17, 15) is 9.59 Å². The highest BCUT2D eigenvalue weighted by atomic mass is 16.5. The average Bonchev–Trinajstić information content (AvgIpc) is 2.94. The van der Waals surface area contributed by atoms with E-state index < -0.39 is 5.60 Å². The fraction of sp³-hybridized carbons (Fsp3) is 0.273. The molecule has 0 N–H and O–H groups in total. The van der Waals surface area contributed by atoms with Crippen LogP contribution in [0.3, 0.4) is 0 Å². The van der Waals surface area contributed by atoms with Gasteiger partial charge < -0.3 is 4.74 Å². The van der Waals surface area contributed by atoms with E-state index >= 15 is 0 Å². The van der Waals surface area contributed by atoms with Crippen LogP contribution in [0.15, 0.2) is 60.7 Å². The van der Waals surface area contributed by atoms with Gasteiger partial charge in [0.1, 0.15) is 11.4 Å². The first kappa shape index (κ1) is 17.9. The highest BCUT2D eigenvalue weighted by molar-refractivity contribution is 6.28. The topological polar surface area (TPSA) is 46.6 Å². The zero-order valence-corrected chi connectivity index (χ0v) is 15.4. The van der Waals surface area contributed by atoms with Gasteiger partial charge >= 0.3 is 0 Å². The number of aryl methyl sites for hydroxylation is 1. The second kappa shape index (κ2) is 7.16. The summed E-state index contributed by atoms with van der Waals surface area (Å²) in [6.07, 6.45) is 4.38. The lowest BCUT2D eigenvalue weighted by atomic mass is 9.90. The van der Waals surface area contributed by atoms with Crippen LogP contribution >= 0.6 is 0 Å². The molecule has 0 bridgehead atoms. The van der Waals surface area contributed by atoms with Gasteiger partial charge in [-0.2, -0.15) is 0 Å². The molecule has 2 amide bonds. The molecule has 1 heterocycles. The first-order chi connectivity index (χ1) is 12.4. The van der Waals surface area contributed by atoms with Gasteiger partial charge in [-0.15, -0.1) is 0 Å². The maximum absolute atomic E-state index is 11.9. The molecule has 0 radical (unpaired) electrons. The van der Waals surface area contributed by atoms with Crippen LogP contribution < -0.4 is 9.64 Å². The number of carbonyl (C=O) groups excluding carboxylic acids is 2. The highest BCUT2D eigenvalue weighted by Crippen LogP contribution is 2.34. The van der Waals surface area contributed by atoms with Crippen molar-refractivity contribution in [1.29, 1.82) is 0 Å². The van der Waals surface area contributed by atoms with Crippen molar-refractivity contribution in [3.05, 3.63) is 71.8 Å². The van der Waals surface area contributed by atoms with Crippen molar-refractivity contribution >= 4 is 17.5 Å². The fourth-order valence-electron chi connectivity index (χ4n) is 3.24. The molecule has 0 aromatic heterocycles. The second-order valence-electron chi connectivity index (χ2n) is 6.79. The van der Waals surface area contributed by atoms with Crippen molar-refractivity contribution in [2.24, 2.45) is 0 Å². The highest BCUT2D eigenvalue weighted by Gasteiger charge is 2.29. The molecule has 2 aromatic carbocycles. The molecule has 134 valence electrons. The number of benzene rings is 2. The Morgan fingerprint density at radius 2 is 1.65 bits per heavy atom. The Morgan fingerprint density at radius 1 is 1.00 bits per heavy atom. The summed E-state index contributed by atoms with van der Waals surface area (Å²) in [5, 5.41) is 0. The van der Waals surface area contributed by atoms with Crippen LogP contribution in [0.25, 0.3) is 0 Å². The molecule has 0 fully saturated rings. The van der Waals surface area contributed by atoms with Crippen LogP contribution in [0.1, 0.15) is 37.8 Å². The van der Waals surface area contributed by atoms with E-state index in [1.54, 1.807) is 18.2 Å². The molecule has 0 saturated heterocycles. The number of hydrogen-bond donors (Lipinski definition) is 0. The number of carbonyl (C=O) groups is 2. The van der Waals surface area contributed by atoms with Gasteiger partial charge in [-0.3, -0.25) is 9.59 Å². The van der Waals surface area contributed by atoms with Crippen LogP contribution in [0.5, 0.6) is 5.75 Å². The van der Waals surface area contributed by atoms with Gasteiger partial charge in [-0.25, -0.2) is 4.90 Å². The summed E-state index contributed by atoms with van der Waals surface area (Å²) in [7, 11) is 0. The molecule has 0 spiro atoms. The molecule has 1 aliphatic rings. The molecule has 26 heavy (non-hydrogen) atoms. The second-order valence-corrected chi connectivity index (χ2v) is 6.79. The smallest absolute Gasteiger partial charge is 0.258 e. The predicted molar refractivity (Wildman–Crippen MR) is 102 cm³/mol. The molecule has 0 aliphatic carbocycles. The van der Waals surface area contributed by atoms with Crippen LogP contribution in [0, 0.1) is 6.92 Å². The van der Waals surface area contributed by atoms with Gasteiger partial charge in [0.15, 0.2) is 0 Å². The van der Waals surface area contributed by atoms with Crippen molar-refractivity contribution in [2.75, 3.05) is 4.90 Å². The zero-order valence-electron chi connectivity index (χ0n) is 15.4. The van der Waals surface area contributed by atoms with E-state index in [2.05, 4.69) is 45.0 Å². The number of ether oxygens (including phenoxy) is 1. The molecule has 1 atom stereocenters. The number of rotatable bonds is 6. The molecule has 4 heteroatoms. The number of hydrogen-bond acceptors (Lipinski definition) is 3. The molecule has 3 rings (SSSR count). The third kappa shape index (κ3) is 3.54. The third-order valence-corrected chi connectivity index (χ3v) is 4.62. The molecular formula is C22H23NO3. The predicted octanol–water partition coefficient (Wildman–Crippen LogP) is 4.52. The largest absolute Gasteiger partial charge is 0.483 e. The zero-order chi connectivity index (χ0) is 18.7. The fourth-order valence-corrected chi connectivity index (χ4v) is 3.24. The molecular weight excluding hydrogens is 326 g/mol. The summed E-state index contributed by atoms with van der Waals surface area (Å²) in [6.45, 7) is 6.25. The standard InChI is InChI=1S/C22H23NO3/c1-4-14-22(3,17-10-8-16(2)9-11-17)26-19-7-5-6-18(15-19)23-20(24)12-13-21(23)25/h5-13,15H,4,14H2,1-3H3. The first-order valence-electron chi connectivity index (χ1n) is 8.85. The van der Waals surface area contributed by atoms with E-state index in [0.29, 0.717) is 11.4 Å². The SMILES string of the molecule is CCCC(C)(Oc1cccc(N2C(=O)C=CC2=O)c1)c1ccc(C)cc1. The Balaban J connectivity index is 1.90. The van der Waals surface area contributed by atoms with Gasteiger partial charge in [0.2, 0.25) is 0 Å². The van der Waals surface area contributed by atoms with Crippen LogP contribution in [0.2, 0.25) is 0 Å². The Bertz CT molecular complexity index is 836. The quantitative estimate of drug-likeness (QED) is 0.721. The van der Waals surface area contributed by atoms with Gasteiger partial charge in [0.25, 0.3) is 11.8 Å². The molecule has 2 aromatic rings. The summed E-state index contributed by atoms with van der Waals surface area (Å²) >= 11 is 0. The van der Waals surface area contributed by atoms with Gasteiger partial charge in [0, 0.05) is 18.2 Å². The monoisotopic (exact) mass is 349 g/mol. The number of anilines is 1. The van der Waals surface area contributed by atoms with Crippen molar-refractivity contribution < 1.29 is 14.3 Å². The van der Waals surface area contributed by atoms with Crippen LogP contribution in [0.4, 0.5) is 5.69 Å². The number of nitrogens with zero attached hydrogens (tertiary/aromatic N) is 1. The third-order valence-electron chi connectivity index (χ3n) is 4.62. The molecule has 1 aliphatic heterocycles. The Hall–Kier alpha value is -2.88. The van der Waals surface area contributed by atoms with Crippen molar-refractivity contribution in [1.82, 2.24) is 0 Å². The summed E-state index contributed by atoms with van der Waals surface area (Å²) in [4.78, 5) is 25.0. The summed E-state index contributed by atoms with van der Waals surface area (Å²) in [5.41, 5.74) is 2.34. The van der Waals surface area contributed by atoms with E-state index in [1.165, 1.54) is 17.7 Å². The maximum Gasteiger partial charge on any atom is 0.258 e. The van der Waals surface area contributed by atoms with Gasteiger partial charge in [0.05, 0.1) is 5.69 Å². The summed E-state index contributed by atoms with van der Waals surface area (Å²) in [6, 6.07) is 15.5. The Kier molecular flexibility index (Phi) is 4.94. The number of amides is 2. The molecule has 4 nitrogen and oxygen atoms in total. The van der Waals surface area contributed by atoms with Crippen LogP contribution in [-0.2, 0) is 15.2 Å². The van der Waals surface area contributed by atoms with E-state index in [4.69, 9.17) is 4.74 Å². The minimum Gasteiger partial charge on any atom is -0.483 e. The average molecular weight is 349 g/mol. The lowest BCUT2D eigenvalue weighted by molar-refractivity contribution is -0.119. The van der Waals surface area contributed by atoms with E-state index in [0.717, 1.165) is 23.3 Å². The van der Waals surface area contributed by atoms with Crippen molar-refractivity contribution in [3.63, 3.8) is 0 Å². The van der Waals surface area contributed by atoms with Crippen molar-refractivity contribution in [2.45, 2.75) is 39.2 Å². The molecule has 1 unspecified atom stereocenters. The number of imide groups is 1. The Labute approximate surface area is 154 Å². The van der Waals surface area contributed by atoms with E-state index in [-0.39, 0.29) is 11.8 Å².